The maximum Gasteiger partial charge on any atom is 0.158 e. The summed E-state index contributed by atoms with van der Waals surface area (Å²) in [6.45, 7) is 2.03. The molecule has 1 rings (SSSR count). The summed E-state index contributed by atoms with van der Waals surface area (Å²) in [5, 5.41) is 0. The second-order valence-electron chi connectivity index (χ2n) is 2.54. The first kappa shape index (κ1) is 10.2. The predicted molar refractivity (Wildman–Crippen MR) is 53.7 cm³/mol. The lowest BCUT2D eigenvalue weighted by molar-refractivity contribution is 0.616. The van der Waals surface area contributed by atoms with Gasteiger partial charge in [0.2, 0.25) is 0 Å². The van der Waals surface area contributed by atoms with Gasteiger partial charge in [-0.1, -0.05) is 12.8 Å². The molecule has 1 aromatic heterocycles. The average Bonchev–Trinajstić information content (AvgIpc) is 2.09. The minimum absolute atomic E-state index is 0.219. The van der Waals surface area contributed by atoms with Crippen molar-refractivity contribution in [3.63, 3.8) is 0 Å². The SMILES string of the molecule is CCCC#Cc1ncc(Br)cc1F. The third-order valence-corrected chi connectivity index (χ3v) is 1.82. The van der Waals surface area contributed by atoms with Crippen molar-refractivity contribution in [3.8, 4) is 11.8 Å². The van der Waals surface area contributed by atoms with Gasteiger partial charge in [-0.25, -0.2) is 9.37 Å². The van der Waals surface area contributed by atoms with Crippen molar-refractivity contribution in [1.29, 1.82) is 0 Å². The Kier molecular flexibility index (Phi) is 3.91. The van der Waals surface area contributed by atoms with E-state index in [1.165, 1.54) is 6.07 Å². The van der Waals surface area contributed by atoms with Crippen LogP contribution < -0.4 is 0 Å². The second kappa shape index (κ2) is 4.98. The van der Waals surface area contributed by atoms with Crippen LogP contribution in [0.1, 0.15) is 25.5 Å². The highest BCUT2D eigenvalue weighted by atomic mass is 79.9. The van der Waals surface area contributed by atoms with E-state index in [9.17, 15) is 4.39 Å². The van der Waals surface area contributed by atoms with Crippen LogP contribution in [0.2, 0.25) is 0 Å². The number of hydrogen-bond acceptors (Lipinski definition) is 1. The third-order valence-electron chi connectivity index (χ3n) is 1.39. The molecule has 3 heteroatoms. The highest BCUT2D eigenvalue weighted by Crippen LogP contribution is 2.11. The van der Waals surface area contributed by atoms with E-state index in [1.54, 1.807) is 6.20 Å². The molecule has 1 nitrogen and oxygen atoms in total. The van der Waals surface area contributed by atoms with E-state index < -0.39 is 0 Å². The minimum Gasteiger partial charge on any atom is -0.243 e. The Balaban J connectivity index is 2.85. The van der Waals surface area contributed by atoms with Gasteiger partial charge in [0.1, 0.15) is 5.69 Å². The van der Waals surface area contributed by atoms with Crippen molar-refractivity contribution < 1.29 is 4.39 Å². The largest absolute Gasteiger partial charge is 0.243 e. The molecule has 0 aliphatic heterocycles. The van der Waals surface area contributed by atoms with Crippen LogP contribution in [0.4, 0.5) is 4.39 Å². The molecule has 0 aliphatic carbocycles. The van der Waals surface area contributed by atoms with Crippen LogP contribution in [0, 0.1) is 17.7 Å². The number of rotatable bonds is 1. The fourth-order valence-electron chi connectivity index (χ4n) is 0.778. The molecule has 0 saturated carbocycles. The zero-order valence-electron chi connectivity index (χ0n) is 7.27. The van der Waals surface area contributed by atoms with E-state index in [0.29, 0.717) is 4.47 Å². The smallest absolute Gasteiger partial charge is 0.158 e. The molecule has 68 valence electrons. The summed E-state index contributed by atoms with van der Waals surface area (Å²) < 4.78 is 13.7. The van der Waals surface area contributed by atoms with Gasteiger partial charge in [0.15, 0.2) is 5.82 Å². The summed E-state index contributed by atoms with van der Waals surface area (Å²) in [7, 11) is 0. The Labute approximate surface area is 85.5 Å². The third kappa shape index (κ3) is 3.16. The quantitative estimate of drug-likeness (QED) is 0.689. The molecule has 0 saturated heterocycles. The summed E-state index contributed by atoms with van der Waals surface area (Å²) in [5.74, 6) is 5.15. The molecule has 0 aromatic carbocycles. The van der Waals surface area contributed by atoms with Crippen molar-refractivity contribution in [2.75, 3.05) is 0 Å². The highest BCUT2D eigenvalue weighted by Gasteiger charge is 1.99. The normalized spacial score (nSPS) is 9.15. The van der Waals surface area contributed by atoms with Crippen molar-refractivity contribution >= 4 is 15.9 Å². The first-order chi connectivity index (χ1) is 6.24. The maximum atomic E-state index is 13.1. The van der Waals surface area contributed by atoms with Gasteiger partial charge in [-0.2, -0.15) is 0 Å². The Morgan fingerprint density at radius 3 is 3.00 bits per heavy atom. The zero-order chi connectivity index (χ0) is 9.68. The van der Waals surface area contributed by atoms with E-state index in [0.717, 1.165) is 12.8 Å². The zero-order valence-corrected chi connectivity index (χ0v) is 8.86. The molecule has 0 atom stereocenters. The summed E-state index contributed by atoms with van der Waals surface area (Å²) in [6, 6.07) is 1.36. The molecule has 0 aliphatic rings. The number of aromatic nitrogens is 1. The minimum atomic E-state index is -0.377. The van der Waals surface area contributed by atoms with Gasteiger partial charge in [-0.3, -0.25) is 0 Å². The van der Waals surface area contributed by atoms with E-state index >= 15 is 0 Å². The van der Waals surface area contributed by atoms with Crippen LogP contribution in [-0.4, -0.2) is 4.98 Å². The first-order valence-corrected chi connectivity index (χ1v) is 4.83. The van der Waals surface area contributed by atoms with Crippen LogP contribution in [0.3, 0.4) is 0 Å². The molecule has 0 unspecified atom stereocenters. The van der Waals surface area contributed by atoms with Crippen molar-refractivity contribution in [2.45, 2.75) is 19.8 Å². The number of unbranched alkanes of at least 4 members (excludes halogenated alkanes) is 1. The lowest BCUT2D eigenvalue weighted by Crippen LogP contribution is -1.88. The average molecular weight is 242 g/mol. The van der Waals surface area contributed by atoms with Gasteiger partial charge in [-0.15, -0.1) is 0 Å². The number of hydrogen-bond donors (Lipinski definition) is 0. The Hall–Kier alpha value is -0.880. The lowest BCUT2D eigenvalue weighted by atomic mass is 10.3. The van der Waals surface area contributed by atoms with Crippen molar-refractivity contribution in [1.82, 2.24) is 4.98 Å². The number of nitrogens with zero attached hydrogens (tertiary/aromatic N) is 1. The number of halogens is 2. The molecule has 1 aromatic rings. The molecule has 1 heterocycles. The van der Waals surface area contributed by atoms with E-state index in [1.807, 2.05) is 6.92 Å². The van der Waals surface area contributed by atoms with E-state index in [4.69, 9.17) is 0 Å². The molecule has 0 spiro atoms. The second-order valence-corrected chi connectivity index (χ2v) is 3.45. The van der Waals surface area contributed by atoms with Crippen LogP contribution in [0.25, 0.3) is 0 Å². The van der Waals surface area contributed by atoms with E-state index in [2.05, 4.69) is 32.8 Å². The molecule has 0 bridgehead atoms. The molecule has 0 fully saturated rings. The first-order valence-electron chi connectivity index (χ1n) is 4.04. The lowest BCUT2D eigenvalue weighted by Gasteiger charge is -1.93. The van der Waals surface area contributed by atoms with Gasteiger partial charge in [0.25, 0.3) is 0 Å². The van der Waals surface area contributed by atoms with Crippen molar-refractivity contribution in [2.24, 2.45) is 0 Å². The van der Waals surface area contributed by atoms with Gasteiger partial charge in [-0.05, 0) is 34.3 Å². The summed E-state index contributed by atoms with van der Waals surface area (Å²) >= 11 is 3.13. The highest BCUT2D eigenvalue weighted by molar-refractivity contribution is 9.10. The summed E-state index contributed by atoms with van der Waals surface area (Å²) in [5.41, 5.74) is 0.219. The topological polar surface area (TPSA) is 12.9 Å². The monoisotopic (exact) mass is 241 g/mol. The summed E-state index contributed by atoms with van der Waals surface area (Å²) in [6.07, 6.45) is 3.29. The van der Waals surface area contributed by atoms with Crippen molar-refractivity contribution in [3.05, 3.63) is 28.2 Å². The predicted octanol–water partition coefficient (Wildman–Crippen LogP) is 3.13. The van der Waals surface area contributed by atoms with Gasteiger partial charge in [0.05, 0.1) is 0 Å². The molecular formula is C10H9BrFN. The van der Waals surface area contributed by atoms with Crippen LogP contribution >= 0.6 is 15.9 Å². The maximum absolute atomic E-state index is 13.1. The molecule has 0 N–H and O–H groups in total. The van der Waals surface area contributed by atoms with Gasteiger partial charge >= 0.3 is 0 Å². The molecule has 0 radical (unpaired) electrons. The standard InChI is InChI=1S/C10H9BrFN/c1-2-3-4-5-10-9(12)6-8(11)7-13-10/h6-7H,2-3H2,1H3. The Morgan fingerprint density at radius 1 is 1.62 bits per heavy atom. The Bertz CT molecular complexity index is 352. The molecular weight excluding hydrogens is 233 g/mol. The molecule has 13 heavy (non-hydrogen) atoms. The van der Waals surface area contributed by atoms with Crippen LogP contribution in [0.5, 0.6) is 0 Å². The van der Waals surface area contributed by atoms with Crippen LogP contribution in [0.15, 0.2) is 16.7 Å². The molecule has 0 amide bonds. The van der Waals surface area contributed by atoms with Crippen LogP contribution in [-0.2, 0) is 0 Å². The number of pyridine rings is 1. The van der Waals surface area contributed by atoms with Gasteiger partial charge in [0, 0.05) is 17.1 Å². The van der Waals surface area contributed by atoms with E-state index in [-0.39, 0.29) is 11.5 Å². The fourth-order valence-corrected chi connectivity index (χ4v) is 1.08. The van der Waals surface area contributed by atoms with Gasteiger partial charge < -0.3 is 0 Å². The fraction of sp³-hybridized carbons (Fsp3) is 0.300. The Morgan fingerprint density at radius 2 is 2.38 bits per heavy atom. The summed E-state index contributed by atoms with van der Waals surface area (Å²) in [4.78, 5) is 3.85.